The van der Waals surface area contributed by atoms with Crippen LogP contribution in [0.25, 0.3) is 10.8 Å². The first-order chi connectivity index (χ1) is 12.6. The molecule has 134 valence electrons. The molecule has 2 aromatic rings. The van der Waals surface area contributed by atoms with Crippen LogP contribution in [0.15, 0.2) is 42.5 Å². The van der Waals surface area contributed by atoms with E-state index in [2.05, 4.69) is 10.6 Å². The van der Waals surface area contributed by atoms with Crippen LogP contribution in [-0.4, -0.2) is 17.4 Å². The second kappa shape index (κ2) is 5.83. The van der Waals surface area contributed by atoms with E-state index in [-0.39, 0.29) is 5.54 Å². The van der Waals surface area contributed by atoms with Crippen LogP contribution in [0.4, 0.5) is 5.69 Å². The summed E-state index contributed by atoms with van der Waals surface area (Å²) in [4.78, 5) is 25.2. The molecule has 0 aliphatic heterocycles. The molecule has 0 aromatic heterocycles. The maximum absolute atomic E-state index is 12.6. The van der Waals surface area contributed by atoms with E-state index in [1.165, 1.54) is 19.3 Å². The van der Waals surface area contributed by atoms with Gasteiger partial charge in [-0.2, -0.15) is 0 Å². The standard InChI is InChI=1S/C22H24N2O2/c25-20(23-19-7-3-5-17-4-1-2-6-18(17)19)21(26)24-22-11-14-8-15(12-22)10-16(9-14)13-22/h1-7,14-16H,8-13H2,(H,23,25)(H,24,26). The Morgan fingerprint density at radius 1 is 0.808 bits per heavy atom. The van der Waals surface area contributed by atoms with Crippen LogP contribution in [0.1, 0.15) is 38.5 Å². The summed E-state index contributed by atoms with van der Waals surface area (Å²) in [6.07, 6.45) is 7.09. The number of carbonyl (C=O) groups excluding carboxylic acids is 2. The van der Waals surface area contributed by atoms with Gasteiger partial charge in [0.1, 0.15) is 0 Å². The van der Waals surface area contributed by atoms with Crippen LogP contribution in [-0.2, 0) is 9.59 Å². The smallest absolute Gasteiger partial charge is 0.313 e. The number of nitrogens with one attached hydrogen (secondary N) is 2. The zero-order valence-electron chi connectivity index (χ0n) is 14.8. The van der Waals surface area contributed by atoms with Crippen molar-refractivity contribution in [2.75, 3.05) is 5.32 Å². The number of amides is 2. The maximum atomic E-state index is 12.6. The number of rotatable bonds is 2. The predicted octanol–water partition coefficient (Wildman–Crippen LogP) is 3.86. The Labute approximate surface area is 153 Å². The van der Waals surface area contributed by atoms with Crippen molar-refractivity contribution >= 4 is 28.3 Å². The van der Waals surface area contributed by atoms with Crippen molar-refractivity contribution in [1.82, 2.24) is 5.32 Å². The zero-order chi connectivity index (χ0) is 17.7. The van der Waals surface area contributed by atoms with Gasteiger partial charge in [-0.3, -0.25) is 9.59 Å². The maximum Gasteiger partial charge on any atom is 0.313 e. The second-order valence-corrected chi connectivity index (χ2v) is 8.63. The molecule has 4 fully saturated rings. The summed E-state index contributed by atoms with van der Waals surface area (Å²) < 4.78 is 0. The molecule has 4 saturated carbocycles. The van der Waals surface area contributed by atoms with Gasteiger partial charge in [0.15, 0.2) is 0 Å². The quantitative estimate of drug-likeness (QED) is 0.810. The monoisotopic (exact) mass is 348 g/mol. The molecule has 2 N–H and O–H groups in total. The van der Waals surface area contributed by atoms with Crippen LogP contribution < -0.4 is 10.6 Å². The molecule has 4 nitrogen and oxygen atoms in total. The summed E-state index contributed by atoms with van der Waals surface area (Å²) in [5.74, 6) is 1.17. The average Bonchev–Trinajstić information content (AvgIpc) is 2.60. The predicted molar refractivity (Wildman–Crippen MR) is 102 cm³/mol. The van der Waals surface area contributed by atoms with Crippen molar-refractivity contribution in [3.05, 3.63) is 42.5 Å². The zero-order valence-corrected chi connectivity index (χ0v) is 14.8. The molecule has 4 aliphatic carbocycles. The van der Waals surface area contributed by atoms with E-state index in [1.54, 1.807) is 0 Å². The van der Waals surface area contributed by atoms with Crippen molar-refractivity contribution in [3.8, 4) is 0 Å². The second-order valence-electron chi connectivity index (χ2n) is 8.63. The van der Waals surface area contributed by atoms with Crippen molar-refractivity contribution in [2.45, 2.75) is 44.1 Å². The van der Waals surface area contributed by atoms with Gasteiger partial charge in [0.25, 0.3) is 0 Å². The van der Waals surface area contributed by atoms with Crippen molar-refractivity contribution in [2.24, 2.45) is 17.8 Å². The molecular weight excluding hydrogens is 324 g/mol. The molecule has 0 atom stereocenters. The molecular formula is C22H24N2O2. The van der Waals surface area contributed by atoms with E-state index in [0.717, 1.165) is 47.8 Å². The third-order valence-corrected chi connectivity index (χ3v) is 6.66. The lowest BCUT2D eigenvalue weighted by molar-refractivity contribution is -0.139. The van der Waals surface area contributed by atoms with Gasteiger partial charge in [-0.05, 0) is 67.7 Å². The van der Waals surface area contributed by atoms with Crippen molar-refractivity contribution in [1.29, 1.82) is 0 Å². The van der Waals surface area contributed by atoms with Crippen molar-refractivity contribution in [3.63, 3.8) is 0 Å². The average molecular weight is 348 g/mol. The third kappa shape index (κ3) is 2.68. The summed E-state index contributed by atoms with van der Waals surface area (Å²) in [6, 6.07) is 13.6. The number of carbonyl (C=O) groups is 2. The lowest BCUT2D eigenvalue weighted by Crippen LogP contribution is -2.61. The largest absolute Gasteiger partial charge is 0.342 e. The Kier molecular flexibility index (Phi) is 3.56. The minimum absolute atomic E-state index is 0.137. The molecule has 6 rings (SSSR count). The topological polar surface area (TPSA) is 58.2 Å². The van der Waals surface area contributed by atoms with E-state index < -0.39 is 11.8 Å². The van der Waals surface area contributed by atoms with Crippen LogP contribution in [0, 0.1) is 17.8 Å². The lowest BCUT2D eigenvalue weighted by Gasteiger charge is -2.56. The number of anilines is 1. The molecule has 0 unspecified atom stereocenters. The van der Waals surface area contributed by atoms with E-state index in [4.69, 9.17) is 0 Å². The van der Waals surface area contributed by atoms with Gasteiger partial charge in [-0.25, -0.2) is 0 Å². The first-order valence-corrected chi connectivity index (χ1v) is 9.71. The normalized spacial score (nSPS) is 31.8. The Bertz CT molecular complexity index is 848. The third-order valence-electron chi connectivity index (χ3n) is 6.66. The molecule has 0 heterocycles. The lowest BCUT2D eigenvalue weighted by atomic mass is 9.53. The molecule has 4 bridgehead atoms. The fourth-order valence-electron chi connectivity index (χ4n) is 6.07. The van der Waals surface area contributed by atoms with E-state index in [9.17, 15) is 9.59 Å². The minimum atomic E-state index is -0.558. The SMILES string of the molecule is O=C(Nc1cccc2ccccc12)C(=O)NC12CC3CC(CC(C3)C1)C2. The van der Waals surface area contributed by atoms with Gasteiger partial charge >= 0.3 is 11.8 Å². The fraction of sp³-hybridized carbons (Fsp3) is 0.455. The van der Waals surface area contributed by atoms with Crippen LogP contribution in [0.3, 0.4) is 0 Å². The molecule has 0 spiro atoms. The number of hydrogen-bond donors (Lipinski definition) is 2. The van der Waals surface area contributed by atoms with Crippen molar-refractivity contribution < 1.29 is 9.59 Å². The Balaban J connectivity index is 1.32. The molecule has 0 radical (unpaired) electrons. The molecule has 26 heavy (non-hydrogen) atoms. The van der Waals surface area contributed by atoms with Gasteiger partial charge in [-0.15, -0.1) is 0 Å². The molecule has 4 aliphatic rings. The highest BCUT2D eigenvalue weighted by Crippen LogP contribution is 2.55. The molecule has 2 aromatic carbocycles. The summed E-state index contributed by atoms with van der Waals surface area (Å²) >= 11 is 0. The molecule has 0 saturated heterocycles. The van der Waals surface area contributed by atoms with Crippen LogP contribution in [0.2, 0.25) is 0 Å². The Hall–Kier alpha value is -2.36. The highest BCUT2D eigenvalue weighted by Gasteiger charge is 2.51. The minimum Gasteiger partial charge on any atom is -0.342 e. The Morgan fingerprint density at radius 2 is 1.42 bits per heavy atom. The van der Waals surface area contributed by atoms with E-state index in [0.29, 0.717) is 5.69 Å². The Morgan fingerprint density at radius 3 is 2.12 bits per heavy atom. The number of fused-ring (bicyclic) bond motifs is 1. The molecule has 4 heteroatoms. The highest BCUT2D eigenvalue weighted by atomic mass is 16.2. The summed E-state index contributed by atoms with van der Waals surface area (Å²) in [7, 11) is 0. The van der Waals surface area contributed by atoms with E-state index in [1.807, 2.05) is 42.5 Å². The van der Waals surface area contributed by atoms with E-state index >= 15 is 0 Å². The summed E-state index contributed by atoms with van der Waals surface area (Å²) in [5.41, 5.74) is 0.552. The fourth-order valence-corrected chi connectivity index (χ4v) is 6.07. The number of benzene rings is 2. The summed E-state index contributed by atoms with van der Waals surface area (Å²) in [5, 5.41) is 7.96. The first-order valence-electron chi connectivity index (χ1n) is 9.71. The van der Waals surface area contributed by atoms with Crippen LogP contribution >= 0.6 is 0 Å². The van der Waals surface area contributed by atoms with Gasteiger partial charge in [0.05, 0.1) is 0 Å². The van der Waals surface area contributed by atoms with Gasteiger partial charge in [0.2, 0.25) is 0 Å². The van der Waals surface area contributed by atoms with Gasteiger partial charge in [0, 0.05) is 16.6 Å². The number of hydrogen-bond acceptors (Lipinski definition) is 2. The van der Waals surface area contributed by atoms with Gasteiger partial charge in [-0.1, -0.05) is 36.4 Å². The van der Waals surface area contributed by atoms with Crippen LogP contribution in [0.5, 0.6) is 0 Å². The summed E-state index contributed by atoms with van der Waals surface area (Å²) in [6.45, 7) is 0. The highest BCUT2D eigenvalue weighted by molar-refractivity contribution is 6.40. The first kappa shape index (κ1) is 15.9. The molecule has 2 amide bonds. The van der Waals surface area contributed by atoms with Gasteiger partial charge < -0.3 is 10.6 Å².